The van der Waals surface area contributed by atoms with Crippen molar-refractivity contribution >= 4 is 12.1 Å². The van der Waals surface area contributed by atoms with Crippen LogP contribution in [0.5, 0.6) is 0 Å². The second kappa shape index (κ2) is 5.72. The number of carbonyl (C=O) groups excluding carboxylic acids is 1. The van der Waals surface area contributed by atoms with Crippen LogP contribution in [0, 0.1) is 6.92 Å². The van der Waals surface area contributed by atoms with Crippen molar-refractivity contribution in [2.45, 2.75) is 6.92 Å². The van der Waals surface area contributed by atoms with Crippen LogP contribution in [-0.2, 0) is 0 Å². The van der Waals surface area contributed by atoms with E-state index in [0.29, 0.717) is 11.3 Å². The number of aromatic nitrogens is 1. The van der Waals surface area contributed by atoms with Crippen LogP contribution in [0.1, 0.15) is 21.6 Å². The zero-order valence-electron chi connectivity index (χ0n) is 10.00. The summed E-state index contributed by atoms with van der Waals surface area (Å²) < 4.78 is 0. The average molecular weight is 239 g/mol. The predicted octanol–water partition coefficient (Wildman–Crippen LogP) is 2.15. The van der Waals surface area contributed by atoms with Crippen LogP contribution in [0.25, 0.3) is 0 Å². The maximum absolute atomic E-state index is 11.8. The summed E-state index contributed by atoms with van der Waals surface area (Å²) in [7, 11) is 0. The first-order chi connectivity index (χ1) is 8.77. The molecule has 90 valence electrons. The van der Waals surface area contributed by atoms with E-state index >= 15 is 0 Å². The topological polar surface area (TPSA) is 54.4 Å². The summed E-state index contributed by atoms with van der Waals surface area (Å²) in [6.07, 6.45) is 3.18. The number of benzene rings is 1. The number of rotatable bonds is 3. The zero-order valence-corrected chi connectivity index (χ0v) is 10.00. The molecule has 1 heterocycles. The summed E-state index contributed by atoms with van der Waals surface area (Å²) in [5.74, 6) is -0.222. The molecule has 1 aromatic carbocycles. The molecule has 0 saturated heterocycles. The highest BCUT2D eigenvalue weighted by Crippen LogP contribution is 2.06. The number of amides is 1. The minimum atomic E-state index is -0.222. The molecule has 0 aliphatic rings. The van der Waals surface area contributed by atoms with Gasteiger partial charge in [-0.15, -0.1) is 0 Å². The minimum Gasteiger partial charge on any atom is -0.267 e. The van der Waals surface area contributed by atoms with Crippen LogP contribution >= 0.6 is 0 Å². The van der Waals surface area contributed by atoms with Gasteiger partial charge in [0.1, 0.15) is 0 Å². The van der Waals surface area contributed by atoms with E-state index in [1.54, 1.807) is 12.3 Å². The van der Waals surface area contributed by atoms with Gasteiger partial charge in [-0.25, -0.2) is 5.43 Å². The molecule has 0 aliphatic carbocycles. The van der Waals surface area contributed by atoms with E-state index in [1.807, 2.05) is 43.3 Å². The van der Waals surface area contributed by atoms with Gasteiger partial charge in [0.05, 0.1) is 11.9 Å². The van der Waals surface area contributed by atoms with Gasteiger partial charge < -0.3 is 0 Å². The van der Waals surface area contributed by atoms with Gasteiger partial charge in [0.25, 0.3) is 5.91 Å². The molecule has 18 heavy (non-hydrogen) atoms. The van der Waals surface area contributed by atoms with Crippen LogP contribution < -0.4 is 5.43 Å². The Morgan fingerprint density at radius 2 is 2.00 bits per heavy atom. The molecule has 1 amide bonds. The molecule has 0 fully saturated rings. The van der Waals surface area contributed by atoms with Gasteiger partial charge in [-0.1, -0.05) is 24.3 Å². The largest absolute Gasteiger partial charge is 0.271 e. The summed E-state index contributed by atoms with van der Waals surface area (Å²) in [4.78, 5) is 15.9. The molecule has 0 unspecified atom stereocenters. The van der Waals surface area contributed by atoms with E-state index in [2.05, 4.69) is 15.5 Å². The van der Waals surface area contributed by atoms with Gasteiger partial charge in [0.15, 0.2) is 0 Å². The molecular formula is C14H13N3O. The van der Waals surface area contributed by atoms with Crippen molar-refractivity contribution in [1.29, 1.82) is 0 Å². The highest BCUT2D eigenvalue weighted by molar-refractivity contribution is 5.96. The van der Waals surface area contributed by atoms with Crippen LogP contribution in [0.15, 0.2) is 53.8 Å². The Balaban J connectivity index is 2.01. The van der Waals surface area contributed by atoms with Crippen molar-refractivity contribution in [1.82, 2.24) is 10.4 Å². The van der Waals surface area contributed by atoms with Gasteiger partial charge in [0.2, 0.25) is 0 Å². The lowest BCUT2D eigenvalue weighted by molar-refractivity contribution is 0.0954. The quantitative estimate of drug-likeness (QED) is 0.659. The highest BCUT2D eigenvalue weighted by Gasteiger charge is 2.05. The Kier molecular flexibility index (Phi) is 3.81. The van der Waals surface area contributed by atoms with E-state index in [0.717, 1.165) is 5.56 Å². The highest BCUT2D eigenvalue weighted by atomic mass is 16.2. The molecular weight excluding hydrogens is 226 g/mol. The molecule has 0 spiro atoms. The number of hydrogen-bond donors (Lipinski definition) is 1. The number of hydrogen-bond acceptors (Lipinski definition) is 3. The fraction of sp³-hybridized carbons (Fsp3) is 0.0714. The minimum absolute atomic E-state index is 0.222. The summed E-state index contributed by atoms with van der Waals surface area (Å²) in [6.45, 7) is 1.89. The van der Waals surface area contributed by atoms with E-state index in [-0.39, 0.29) is 5.91 Å². The normalized spacial score (nSPS) is 10.5. The number of hydrazone groups is 1. The smallest absolute Gasteiger partial charge is 0.267 e. The molecule has 2 aromatic rings. The fourth-order valence-electron chi connectivity index (χ4n) is 1.50. The van der Waals surface area contributed by atoms with Crippen molar-refractivity contribution in [2.24, 2.45) is 5.10 Å². The third-order valence-corrected chi connectivity index (χ3v) is 2.44. The number of carbonyl (C=O) groups is 1. The van der Waals surface area contributed by atoms with Crippen molar-refractivity contribution in [3.05, 3.63) is 65.5 Å². The van der Waals surface area contributed by atoms with Gasteiger partial charge in [-0.05, 0) is 30.7 Å². The lowest BCUT2D eigenvalue weighted by Gasteiger charge is -2.02. The van der Waals surface area contributed by atoms with Crippen molar-refractivity contribution < 1.29 is 4.79 Å². The van der Waals surface area contributed by atoms with Crippen LogP contribution in [0.2, 0.25) is 0 Å². The molecule has 1 aromatic heterocycles. The standard InChI is InChI=1S/C14H13N3O/c1-11-6-2-3-8-13(11)14(18)17-16-10-12-7-4-5-9-15-12/h2-10H,1H3,(H,17,18). The monoisotopic (exact) mass is 239 g/mol. The van der Waals surface area contributed by atoms with Gasteiger partial charge in [-0.2, -0.15) is 5.10 Å². The molecule has 1 N–H and O–H groups in total. The fourth-order valence-corrected chi connectivity index (χ4v) is 1.50. The van der Waals surface area contributed by atoms with E-state index < -0.39 is 0 Å². The third-order valence-electron chi connectivity index (χ3n) is 2.44. The molecule has 0 radical (unpaired) electrons. The molecule has 2 rings (SSSR count). The Hall–Kier alpha value is -2.49. The maximum atomic E-state index is 11.8. The van der Waals surface area contributed by atoms with Crippen LogP contribution in [0.3, 0.4) is 0 Å². The second-order valence-electron chi connectivity index (χ2n) is 3.77. The number of pyridine rings is 1. The van der Waals surface area contributed by atoms with E-state index in [1.165, 1.54) is 6.21 Å². The first-order valence-corrected chi connectivity index (χ1v) is 5.57. The van der Waals surface area contributed by atoms with Crippen molar-refractivity contribution in [3.8, 4) is 0 Å². The van der Waals surface area contributed by atoms with Crippen LogP contribution in [-0.4, -0.2) is 17.1 Å². The lowest BCUT2D eigenvalue weighted by atomic mass is 10.1. The molecule has 0 atom stereocenters. The lowest BCUT2D eigenvalue weighted by Crippen LogP contribution is -2.18. The third kappa shape index (κ3) is 3.01. The molecule has 4 heteroatoms. The molecule has 0 saturated carbocycles. The summed E-state index contributed by atoms with van der Waals surface area (Å²) in [5, 5.41) is 3.87. The first-order valence-electron chi connectivity index (χ1n) is 5.57. The summed E-state index contributed by atoms with van der Waals surface area (Å²) in [6, 6.07) is 12.9. The first kappa shape index (κ1) is 12.0. The Bertz CT molecular complexity index is 564. The molecule has 0 bridgehead atoms. The van der Waals surface area contributed by atoms with Gasteiger partial charge >= 0.3 is 0 Å². The number of nitrogens with one attached hydrogen (secondary N) is 1. The average Bonchev–Trinajstić information content (AvgIpc) is 2.40. The van der Waals surface area contributed by atoms with E-state index in [9.17, 15) is 4.79 Å². The Labute approximate surface area is 105 Å². The Morgan fingerprint density at radius 1 is 1.22 bits per heavy atom. The zero-order chi connectivity index (χ0) is 12.8. The maximum Gasteiger partial charge on any atom is 0.271 e. The SMILES string of the molecule is Cc1ccccc1C(=O)NN=Cc1ccccn1. The summed E-state index contributed by atoms with van der Waals surface area (Å²) >= 11 is 0. The second-order valence-corrected chi connectivity index (χ2v) is 3.77. The Morgan fingerprint density at radius 3 is 2.72 bits per heavy atom. The number of aryl methyl sites for hydroxylation is 1. The summed E-state index contributed by atoms with van der Waals surface area (Å²) in [5.41, 5.74) is 4.72. The molecule has 4 nitrogen and oxygen atoms in total. The van der Waals surface area contributed by atoms with Crippen molar-refractivity contribution in [3.63, 3.8) is 0 Å². The van der Waals surface area contributed by atoms with Crippen molar-refractivity contribution in [2.75, 3.05) is 0 Å². The van der Waals surface area contributed by atoms with E-state index in [4.69, 9.17) is 0 Å². The molecule has 0 aliphatic heterocycles. The van der Waals surface area contributed by atoms with Gasteiger partial charge in [0, 0.05) is 11.8 Å². The predicted molar refractivity (Wildman–Crippen MR) is 70.5 cm³/mol. The van der Waals surface area contributed by atoms with Gasteiger partial charge in [-0.3, -0.25) is 9.78 Å². The number of nitrogens with zero attached hydrogens (tertiary/aromatic N) is 2. The van der Waals surface area contributed by atoms with Crippen LogP contribution in [0.4, 0.5) is 0 Å².